The van der Waals surface area contributed by atoms with Crippen molar-refractivity contribution in [2.75, 3.05) is 18.6 Å². The van der Waals surface area contributed by atoms with Gasteiger partial charge in [0, 0.05) is 12.3 Å². The van der Waals surface area contributed by atoms with E-state index >= 15 is 0 Å². The Morgan fingerprint density at radius 1 is 1.50 bits per heavy atom. The Morgan fingerprint density at radius 2 is 2.31 bits per heavy atom. The molecule has 0 amide bonds. The molecule has 2 aromatic rings. The highest BCUT2D eigenvalue weighted by Gasteiger charge is 2.14. The third kappa shape index (κ3) is 5.06. The standard InChI is InChI=1S/C17H15IN4O4/c1-3-8-26-16-13(18)9-12(10-15(16)25-4-2)11-20-21-17-14(22(23)24)6-5-7-19-17/h1,5-7,9-11H,4,8H2,2H3,(H,19,21). The fraction of sp³-hybridized carbons (Fsp3) is 0.176. The van der Waals surface area contributed by atoms with Crippen LogP contribution in [0.25, 0.3) is 0 Å². The first-order valence-corrected chi connectivity index (χ1v) is 8.55. The van der Waals surface area contributed by atoms with Gasteiger partial charge in [-0.1, -0.05) is 5.92 Å². The number of nitrogens with zero attached hydrogens (tertiary/aromatic N) is 3. The van der Waals surface area contributed by atoms with Crippen molar-refractivity contribution in [1.82, 2.24) is 4.98 Å². The number of hydrogen-bond donors (Lipinski definition) is 1. The Balaban J connectivity index is 2.23. The van der Waals surface area contributed by atoms with Crippen LogP contribution in [0, 0.1) is 26.0 Å². The molecule has 0 atom stereocenters. The number of hydrazone groups is 1. The lowest BCUT2D eigenvalue weighted by molar-refractivity contribution is -0.384. The topological polar surface area (TPSA) is 98.9 Å². The molecule has 1 heterocycles. The number of anilines is 1. The first kappa shape index (κ1) is 19.5. The van der Waals surface area contributed by atoms with Crippen molar-refractivity contribution < 1.29 is 14.4 Å². The largest absolute Gasteiger partial charge is 0.490 e. The van der Waals surface area contributed by atoms with Gasteiger partial charge in [-0.15, -0.1) is 6.42 Å². The number of nitro groups is 1. The molecule has 0 aliphatic heterocycles. The number of nitrogens with one attached hydrogen (secondary N) is 1. The van der Waals surface area contributed by atoms with Crippen LogP contribution in [0.4, 0.5) is 11.5 Å². The van der Waals surface area contributed by atoms with E-state index in [1.165, 1.54) is 24.5 Å². The van der Waals surface area contributed by atoms with Crippen LogP contribution in [-0.2, 0) is 0 Å². The minimum absolute atomic E-state index is 0.0578. The molecule has 26 heavy (non-hydrogen) atoms. The zero-order valence-corrected chi connectivity index (χ0v) is 16.0. The van der Waals surface area contributed by atoms with Gasteiger partial charge in [-0.05, 0) is 53.3 Å². The van der Waals surface area contributed by atoms with Crippen molar-refractivity contribution in [1.29, 1.82) is 0 Å². The molecule has 0 fully saturated rings. The third-order valence-electron chi connectivity index (χ3n) is 3.00. The van der Waals surface area contributed by atoms with Crippen molar-refractivity contribution in [3.05, 3.63) is 49.7 Å². The van der Waals surface area contributed by atoms with Gasteiger partial charge in [0.05, 0.1) is 21.3 Å². The van der Waals surface area contributed by atoms with Crippen LogP contribution in [0.15, 0.2) is 35.6 Å². The Hall–Kier alpha value is -2.87. The van der Waals surface area contributed by atoms with Gasteiger partial charge in [0.2, 0.25) is 5.82 Å². The normalized spacial score (nSPS) is 10.3. The zero-order chi connectivity index (χ0) is 18.9. The second-order valence-electron chi connectivity index (χ2n) is 4.75. The number of pyridine rings is 1. The van der Waals surface area contributed by atoms with E-state index in [9.17, 15) is 10.1 Å². The first-order chi connectivity index (χ1) is 12.6. The summed E-state index contributed by atoms with van der Waals surface area (Å²) in [5.41, 5.74) is 3.14. The number of terminal acetylenes is 1. The summed E-state index contributed by atoms with van der Waals surface area (Å²) in [5, 5.41) is 15.0. The molecule has 0 spiro atoms. The molecule has 0 unspecified atom stereocenters. The maximum Gasteiger partial charge on any atom is 0.313 e. The summed E-state index contributed by atoms with van der Waals surface area (Å²) in [6.07, 6.45) is 8.18. The maximum atomic E-state index is 11.0. The molecule has 0 bridgehead atoms. The fourth-order valence-electron chi connectivity index (χ4n) is 1.98. The van der Waals surface area contributed by atoms with E-state index in [0.717, 1.165) is 9.13 Å². The van der Waals surface area contributed by atoms with Gasteiger partial charge in [0.15, 0.2) is 11.5 Å². The molecule has 1 aromatic heterocycles. The molecule has 9 heteroatoms. The number of aromatic nitrogens is 1. The van der Waals surface area contributed by atoms with Gasteiger partial charge >= 0.3 is 5.69 Å². The van der Waals surface area contributed by atoms with Crippen molar-refractivity contribution in [3.63, 3.8) is 0 Å². The van der Waals surface area contributed by atoms with E-state index in [-0.39, 0.29) is 18.1 Å². The van der Waals surface area contributed by atoms with Gasteiger partial charge in [-0.25, -0.2) is 4.98 Å². The van der Waals surface area contributed by atoms with Gasteiger partial charge in [-0.3, -0.25) is 15.5 Å². The monoisotopic (exact) mass is 466 g/mol. The summed E-state index contributed by atoms with van der Waals surface area (Å²) >= 11 is 2.11. The molecule has 134 valence electrons. The van der Waals surface area contributed by atoms with Crippen molar-refractivity contribution in [3.8, 4) is 23.8 Å². The van der Waals surface area contributed by atoms with Crippen LogP contribution in [0.1, 0.15) is 12.5 Å². The highest BCUT2D eigenvalue weighted by atomic mass is 127. The lowest BCUT2D eigenvalue weighted by Crippen LogP contribution is -2.03. The fourth-order valence-corrected chi connectivity index (χ4v) is 2.76. The molecule has 1 aromatic carbocycles. The highest BCUT2D eigenvalue weighted by Crippen LogP contribution is 2.33. The molecule has 1 N–H and O–H groups in total. The Labute approximate surface area is 163 Å². The van der Waals surface area contributed by atoms with Gasteiger partial charge in [0.1, 0.15) is 6.61 Å². The zero-order valence-electron chi connectivity index (χ0n) is 13.8. The molecule has 0 radical (unpaired) electrons. The van der Waals surface area contributed by atoms with Crippen LogP contribution in [0.5, 0.6) is 11.5 Å². The van der Waals surface area contributed by atoms with Crippen LogP contribution in [-0.4, -0.2) is 29.3 Å². The number of halogens is 1. The summed E-state index contributed by atoms with van der Waals surface area (Å²) in [6.45, 7) is 2.45. The Bertz CT molecular complexity index is 864. The summed E-state index contributed by atoms with van der Waals surface area (Å²) in [7, 11) is 0. The molecule has 0 saturated carbocycles. The van der Waals surface area contributed by atoms with Crippen molar-refractivity contribution >= 4 is 40.3 Å². The smallest absolute Gasteiger partial charge is 0.313 e. The van der Waals surface area contributed by atoms with Crippen molar-refractivity contribution in [2.45, 2.75) is 6.92 Å². The summed E-state index contributed by atoms with van der Waals surface area (Å²) in [4.78, 5) is 14.4. The minimum atomic E-state index is -0.529. The van der Waals surface area contributed by atoms with Crippen molar-refractivity contribution in [2.24, 2.45) is 5.10 Å². The molecular weight excluding hydrogens is 451 g/mol. The average Bonchev–Trinajstić information content (AvgIpc) is 2.61. The summed E-state index contributed by atoms with van der Waals surface area (Å²) in [5.74, 6) is 3.58. The Morgan fingerprint density at radius 3 is 3.00 bits per heavy atom. The molecule has 8 nitrogen and oxygen atoms in total. The van der Waals surface area contributed by atoms with E-state index < -0.39 is 4.92 Å². The molecule has 2 rings (SSSR count). The lowest BCUT2D eigenvalue weighted by atomic mass is 10.2. The molecule has 0 aliphatic carbocycles. The SMILES string of the molecule is C#CCOc1c(I)cc(C=NNc2ncccc2[N+](=O)[O-])cc1OCC. The molecule has 0 saturated heterocycles. The lowest BCUT2D eigenvalue weighted by Gasteiger charge is -2.13. The third-order valence-corrected chi connectivity index (χ3v) is 3.80. The second kappa shape index (κ2) is 9.57. The van der Waals surface area contributed by atoms with E-state index in [2.05, 4.69) is 44.0 Å². The Kier molecular flexibility index (Phi) is 7.16. The number of ether oxygens (including phenoxy) is 2. The van der Waals surface area contributed by atoms with Crippen LogP contribution >= 0.6 is 22.6 Å². The average molecular weight is 466 g/mol. The quantitative estimate of drug-likeness (QED) is 0.211. The highest BCUT2D eigenvalue weighted by molar-refractivity contribution is 14.1. The summed E-state index contributed by atoms with van der Waals surface area (Å²) in [6, 6.07) is 6.40. The van der Waals surface area contributed by atoms with Gasteiger partial charge in [-0.2, -0.15) is 5.10 Å². The van der Waals surface area contributed by atoms with Gasteiger partial charge < -0.3 is 9.47 Å². The first-order valence-electron chi connectivity index (χ1n) is 7.48. The predicted octanol–water partition coefficient (Wildman–Crippen LogP) is 3.45. The van der Waals surface area contributed by atoms with Crippen LogP contribution in [0.3, 0.4) is 0 Å². The molecular formula is C17H15IN4O4. The number of hydrogen-bond acceptors (Lipinski definition) is 7. The van der Waals surface area contributed by atoms with E-state index in [4.69, 9.17) is 15.9 Å². The van der Waals surface area contributed by atoms with Crippen LogP contribution < -0.4 is 14.9 Å². The van der Waals surface area contributed by atoms with E-state index in [1.54, 1.807) is 6.07 Å². The second-order valence-corrected chi connectivity index (χ2v) is 5.92. The summed E-state index contributed by atoms with van der Waals surface area (Å²) < 4.78 is 11.9. The number of rotatable bonds is 8. The minimum Gasteiger partial charge on any atom is -0.490 e. The van der Waals surface area contributed by atoms with Crippen LogP contribution in [0.2, 0.25) is 0 Å². The molecule has 0 aliphatic rings. The van der Waals surface area contributed by atoms with Gasteiger partial charge in [0.25, 0.3) is 0 Å². The maximum absolute atomic E-state index is 11.0. The van der Waals surface area contributed by atoms with E-state index in [0.29, 0.717) is 18.1 Å². The number of benzene rings is 1. The predicted molar refractivity (Wildman–Crippen MR) is 107 cm³/mol. The van der Waals surface area contributed by atoms with E-state index in [1.807, 2.05) is 13.0 Å².